The summed E-state index contributed by atoms with van der Waals surface area (Å²) in [5.74, 6) is 1.87. The van der Waals surface area contributed by atoms with Crippen molar-refractivity contribution in [3.8, 4) is 0 Å². The standard InChI is InChI=1S/C9H22P2/c1-3-8(6-10)5-9(4-2)7-11/h8-9H,3-7,10-11H2,1-2H3. The number of rotatable bonds is 6. The lowest BCUT2D eigenvalue weighted by Gasteiger charge is -2.18. The van der Waals surface area contributed by atoms with Crippen molar-refractivity contribution in [1.29, 1.82) is 0 Å². The summed E-state index contributed by atoms with van der Waals surface area (Å²) >= 11 is 0. The highest BCUT2D eigenvalue weighted by molar-refractivity contribution is 7.16. The zero-order chi connectivity index (χ0) is 8.69. The van der Waals surface area contributed by atoms with Crippen molar-refractivity contribution in [2.45, 2.75) is 33.1 Å². The molecule has 0 rings (SSSR count). The minimum atomic E-state index is 0.936. The van der Waals surface area contributed by atoms with Gasteiger partial charge >= 0.3 is 0 Å². The van der Waals surface area contributed by atoms with Crippen molar-refractivity contribution in [3.63, 3.8) is 0 Å². The molecule has 0 spiro atoms. The maximum absolute atomic E-state index is 2.86. The second-order valence-corrected chi connectivity index (χ2v) is 4.20. The summed E-state index contributed by atoms with van der Waals surface area (Å²) in [4.78, 5) is 0. The SMILES string of the molecule is CCC(CP)CC(CC)CP. The molecule has 0 aromatic carbocycles. The molecule has 11 heavy (non-hydrogen) atoms. The Morgan fingerprint density at radius 2 is 1.27 bits per heavy atom. The topological polar surface area (TPSA) is 0 Å². The smallest absolute Gasteiger partial charge is 0.0353 e. The van der Waals surface area contributed by atoms with Crippen LogP contribution in [0, 0.1) is 11.8 Å². The molecule has 0 heterocycles. The van der Waals surface area contributed by atoms with Crippen LogP contribution in [-0.2, 0) is 0 Å². The Balaban J connectivity index is 3.58. The molecular formula is C9H22P2. The van der Waals surface area contributed by atoms with Crippen LogP contribution >= 0.6 is 18.5 Å². The largest absolute Gasteiger partial charge is 0.137 e. The first-order chi connectivity index (χ1) is 5.28. The second kappa shape index (κ2) is 7.51. The van der Waals surface area contributed by atoms with Gasteiger partial charge in [0.25, 0.3) is 0 Å². The minimum absolute atomic E-state index is 0.936. The van der Waals surface area contributed by atoms with Gasteiger partial charge in [-0.2, -0.15) is 0 Å². The third-order valence-electron chi connectivity index (χ3n) is 2.49. The minimum Gasteiger partial charge on any atom is -0.137 e. The average Bonchev–Trinajstić information content (AvgIpc) is 2.07. The maximum atomic E-state index is 2.86. The second-order valence-electron chi connectivity index (χ2n) is 3.26. The van der Waals surface area contributed by atoms with Gasteiger partial charge in [-0.1, -0.05) is 26.7 Å². The summed E-state index contributed by atoms with van der Waals surface area (Å²) in [5, 5.41) is 0. The van der Waals surface area contributed by atoms with E-state index in [1.807, 2.05) is 0 Å². The third kappa shape index (κ3) is 5.15. The van der Waals surface area contributed by atoms with E-state index < -0.39 is 0 Å². The summed E-state index contributed by atoms with van der Waals surface area (Å²) in [6, 6.07) is 0. The fraction of sp³-hybridized carbons (Fsp3) is 1.00. The van der Waals surface area contributed by atoms with Crippen molar-refractivity contribution in [2.75, 3.05) is 12.3 Å². The Kier molecular flexibility index (Phi) is 8.09. The predicted molar refractivity (Wildman–Crippen MR) is 61.3 cm³/mol. The van der Waals surface area contributed by atoms with Crippen molar-refractivity contribution in [2.24, 2.45) is 11.8 Å². The van der Waals surface area contributed by atoms with Crippen LogP contribution in [-0.4, -0.2) is 12.3 Å². The summed E-state index contributed by atoms with van der Waals surface area (Å²) in [5.41, 5.74) is 0. The van der Waals surface area contributed by atoms with Crippen LogP contribution in [0.3, 0.4) is 0 Å². The summed E-state index contributed by atoms with van der Waals surface area (Å²) < 4.78 is 0. The molecule has 4 atom stereocenters. The van der Waals surface area contributed by atoms with E-state index in [2.05, 4.69) is 32.3 Å². The highest BCUT2D eigenvalue weighted by Crippen LogP contribution is 2.21. The molecule has 0 saturated carbocycles. The summed E-state index contributed by atoms with van der Waals surface area (Å²) in [7, 11) is 5.73. The number of hydrogen-bond donors (Lipinski definition) is 0. The summed E-state index contributed by atoms with van der Waals surface area (Å²) in [6.07, 6.45) is 6.64. The van der Waals surface area contributed by atoms with E-state index >= 15 is 0 Å². The van der Waals surface area contributed by atoms with Crippen LogP contribution in [0.15, 0.2) is 0 Å². The van der Waals surface area contributed by atoms with E-state index in [0.29, 0.717) is 0 Å². The fourth-order valence-electron chi connectivity index (χ4n) is 1.33. The molecule has 0 fully saturated rings. The first-order valence-corrected chi connectivity index (χ1v) is 6.31. The average molecular weight is 192 g/mol. The van der Waals surface area contributed by atoms with Crippen LogP contribution < -0.4 is 0 Å². The lowest BCUT2D eigenvalue weighted by atomic mass is 9.93. The van der Waals surface area contributed by atoms with E-state index in [9.17, 15) is 0 Å². The van der Waals surface area contributed by atoms with Gasteiger partial charge in [0.15, 0.2) is 0 Å². The lowest BCUT2D eigenvalue weighted by Crippen LogP contribution is -2.09. The van der Waals surface area contributed by atoms with Gasteiger partial charge in [-0.15, -0.1) is 18.5 Å². The summed E-state index contributed by atoms with van der Waals surface area (Å²) in [6.45, 7) is 4.59. The van der Waals surface area contributed by atoms with Crippen LogP contribution in [0.25, 0.3) is 0 Å². The fourth-order valence-corrected chi connectivity index (χ4v) is 2.38. The van der Waals surface area contributed by atoms with E-state index in [1.165, 1.54) is 31.6 Å². The molecule has 0 aromatic rings. The first-order valence-electron chi connectivity index (χ1n) is 4.68. The Hall–Kier alpha value is 0.860. The van der Waals surface area contributed by atoms with E-state index in [4.69, 9.17) is 0 Å². The van der Waals surface area contributed by atoms with Crippen molar-refractivity contribution in [3.05, 3.63) is 0 Å². The van der Waals surface area contributed by atoms with Gasteiger partial charge in [-0.05, 0) is 30.6 Å². The zero-order valence-corrected chi connectivity index (χ0v) is 10.2. The van der Waals surface area contributed by atoms with Crippen molar-refractivity contribution >= 4 is 18.5 Å². The Labute approximate surface area is 76.3 Å². The highest BCUT2D eigenvalue weighted by atomic mass is 31.0. The van der Waals surface area contributed by atoms with Crippen LogP contribution in [0.1, 0.15) is 33.1 Å². The van der Waals surface area contributed by atoms with Gasteiger partial charge < -0.3 is 0 Å². The molecular weight excluding hydrogens is 170 g/mol. The molecule has 0 nitrogen and oxygen atoms in total. The monoisotopic (exact) mass is 192 g/mol. The normalized spacial score (nSPS) is 16.4. The van der Waals surface area contributed by atoms with Gasteiger partial charge in [0.1, 0.15) is 0 Å². The van der Waals surface area contributed by atoms with Gasteiger partial charge in [-0.25, -0.2) is 0 Å². The molecule has 0 bridgehead atoms. The molecule has 0 aliphatic rings. The third-order valence-corrected chi connectivity index (χ3v) is 3.82. The zero-order valence-electron chi connectivity index (χ0n) is 7.84. The molecule has 0 radical (unpaired) electrons. The van der Waals surface area contributed by atoms with E-state index in [-0.39, 0.29) is 0 Å². The van der Waals surface area contributed by atoms with Gasteiger partial charge in [-0.3, -0.25) is 0 Å². The Bertz CT molecular complexity index is 65.6. The quantitative estimate of drug-likeness (QED) is 0.567. The van der Waals surface area contributed by atoms with E-state index in [1.54, 1.807) is 0 Å². The van der Waals surface area contributed by atoms with Crippen LogP contribution in [0.5, 0.6) is 0 Å². The first kappa shape index (κ1) is 11.9. The molecule has 2 heteroatoms. The molecule has 68 valence electrons. The highest BCUT2D eigenvalue weighted by Gasteiger charge is 2.10. The Morgan fingerprint density at radius 1 is 0.909 bits per heavy atom. The maximum Gasteiger partial charge on any atom is -0.0353 e. The van der Waals surface area contributed by atoms with Crippen molar-refractivity contribution < 1.29 is 0 Å². The Morgan fingerprint density at radius 3 is 1.45 bits per heavy atom. The molecule has 4 unspecified atom stereocenters. The molecule has 0 aliphatic heterocycles. The predicted octanol–water partition coefficient (Wildman–Crippen LogP) is 3.18. The van der Waals surface area contributed by atoms with Gasteiger partial charge in [0.2, 0.25) is 0 Å². The molecule has 0 aromatic heterocycles. The van der Waals surface area contributed by atoms with Crippen LogP contribution in [0.4, 0.5) is 0 Å². The van der Waals surface area contributed by atoms with E-state index in [0.717, 1.165) is 11.8 Å². The molecule has 0 amide bonds. The molecule has 0 N–H and O–H groups in total. The van der Waals surface area contributed by atoms with Crippen molar-refractivity contribution in [1.82, 2.24) is 0 Å². The molecule has 0 aliphatic carbocycles. The lowest BCUT2D eigenvalue weighted by molar-refractivity contribution is 0.407. The molecule has 0 saturated heterocycles. The van der Waals surface area contributed by atoms with Crippen LogP contribution in [0.2, 0.25) is 0 Å². The van der Waals surface area contributed by atoms with Gasteiger partial charge in [0, 0.05) is 0 Å². The number of hydrogen-bond acceptors (Lipinski definition) is 0. The van der Waals surface area contributed by atoms with Gasteiger partial charge in [0.05, 0.1) is 0 Å².